The van der Waals surface area contributed by atoms with E-state index in [4.69, 9.17) is 0 Å². The number of hydrogen-bond donors (Lipinski definition) is 1. The molecular formula is C18H21N9S. The lowest BCUT2D eigenvalue weighted by Crippen LogP contribution is -2.21. The number of aryl methyl sites for hydroxylation is 2. The van der Waals surface area contributed by atoms with Gasteiger partial charge in [-0.3, -0.25) is 0 Å². The Morgan fingerprint density at radius 3 is 2.68 bits per heavy atom. The van der Waals surface area contributed by atoms with Gasteiger partial charge in [0.05, 0.1) is 5.52 Å². The van der Waals surface area contributed by atoms with Gasteiger partial charge in [-0.2, -0.15) is 9.97 Å². The van der Waals surface area contributed by atoms with Crippen LogP contribution in [0.15, 0.2) is 34.6 Å². The van der Waals surface area contributed by atoms with Gasteiger partial charge in [-0.05, 0) is 38.8 Å². The number of rotatable bonds is 6. The Labute approximate surface area is 166 Å². The summed E-state index contributed by atoms with van der Waals surface area (Å²) in [6.07, 6.45) is 0. The van der Waals surface area contributed by atoms with E-state index in [0.717, 1.165) is 35.2 Å². The number of nitrogens with one attached hydrogen (secondary N) is 1. The molecule has 0 saturated heterocycles. The molecule has 0 spiro atoms. The maximum atomic E-state index is 4.68. The molecule has 1 N–H and O–H groups in total. The Bertz CT molecular complexity index is 1140. The number of aromatic nitrogens is 7. The number of para-hydroxylation sites is 1. The first-order chi connectivity index (χ1) is 13.5. The van der Waals surface area contributed by atoms with Crippen LogP contribution in [0.3, 0.4) is 0 Å². The first kappa shape index (κ1) is 18.5. The van der Waals surface area contributed by atoms with Gasteiger partial charge in [-0.15, -0.1) is 10.2 Å². The highest BCUT2D eigenvalue weighted by Gasteiger charge is 2.14. The molecule has 0 unspecified atom stereocenters. The van der Waals surface area contributed by atoms with E-state index in [9.17, 15) is 0 Å². The van der Waals surface area contributed by atoms with Gasteiger partial charge in [0.1, 0.15) is 11.3 Å². The van der Waals surface area contributed by atoms with Crippen LogP contribution in [0.25, 0.3) is 22.1 Å². The Morgan fingerprint density at radius 2 is 1.86 bits per heavy atom. The van der Waals surface area contributed by atoms with Gasteiger partial charge in [0.2, 0.25) is 16.3 Å². The quantitative estimate of drug-likeness (QED) is 0.526. The lowest BCUT2D eigenvalue weighted by atomic mass is 10.2. The molecule has 9 nitrogen and oxygen atoms in total. The van der Waals surface area contributed by atoms with Gasteiger partial charge in [0, 0.05) is 25.5 Å². The summed E-state index contributed by atoms with van der Waals surface area (Å²) in [6, 6.07) is 8.07. The number of anilines is 1. The van der Waals surface area contributed by atoms with Gasteiger partial charge in [0.25, 0.3) is 0 Å². The first-order valence-electron chi connectivity index (χ1n) is 8.88. The fraction of sp³-hybridized carbons (Fsp3) is 0.333. The Hall–Kier alpha value is -2.85. The van der Waals surface area contributed by atoms with Crippen molar-refractivity contribution in [2.24, 2.45) is 7.05 Å². The SMILES string of the molecule is Cc1nc(NCCN(C)C)nc(Sc2nnc3c4ccccc4n(C)c3n2)n1. The van der Waals surface area contributed by atoms with E-state index in [0.29, 0.717) is 22.1 Å². The van der Waals surface area contributed by atoms with E-state index in [1.807, 2.05) is 56.9 Å². The highest BCUT2D eigenvalue weighted by Crippen LogP contribution is 2.27. The average molecular weight is 395 g/mol. The van der Waals surface area contributed by atoms with E-state index >= 15 is 0 Å². The monoisotopic (exact) mass is 395 g/mol. The van der Waals surface area contributed by atoms with Crippen LogP contribution in [0.5, 0.6) is 0 Å². The minimum atomic E-state index is 0.503. The fourth-order valence-electron chi connectivity index (χ4n) is 2.89. The molecular weight excluding hydrogens is 374 g/mol. The molecule has 4 rings (SSSR count). The van der Waals surface area contributed by atoms with Crippen molar-refractivity contribution in [1.82, 2.24) is 39.6 Å². The maximum Gasteiger partial charge on any atom is 0.226 e. The fourth-order valence-corrected chi connectivity index (χ4v) is 3.58. The van der Waals surface area contributed by atoms with Crippen molar-refractivity contribution in [1.29, 1.82) is 0 Å². The van der Waals surface area contributed by atoms with Crippen molar-refractivity contribution in [2.75, 3.05) is 32.5 Å². The maximum absolute atomic E-state index is 4.68. The molecule has 0 radical (unpaired) electrons. The zero-order valence-corrected chi connectivity index (χ0v) is 17.0. The van der Waals surface area contributed by atoms with E-state index in [-0.39, 0.29) is 0 Å². The zero-order valence-electron chi connectivity index (χ0n) is 16.2. The Morgan fingerprint density at radius 1 is 1.04 bits per heavy atom. The van der Waals surface area contributed by atoms with E-state index in [1.165, 1.54) is 11.8 Å². The molecule has 0 aliphatic heterocycles. The highest BCUT2D eigenvalue weighted by molar-refractivity contribution is 7.99. The number of benzene rings is 1. The summed E-state index contributed by atoms with van der Waals surface area (Å²) in [5, 5.41) is 14.0. The molecule has 28 heavy (non-hydrogen) atoms. The number of fused-ring (bicyclic) bond motifs is 3. The highest BCUT2D eigenvalue weighted by atomic mass is 32.2. The molecule has 1 aromatic carbocycles. The summed E-state index contributed by atoms with van der Waals surface area (Å²) >= 11 is 1.28. The minimum absolute atomic E-state index is 0.503. The Kier molecular flexibility index (Phi) is 5.05. The van der Waals surface area contributed by atoms with Crippen molar-refractivity contribution >= 4 is 39.8 Å². The van der Waals surface area contributed by atoms with Gasteiger partial charge in [-0.25, -0.2) is 9.97 Å². The van der Waals surface area contributed by atoms with E-state index < -0.39 is 0 Å². The molecule has 10 heteroatoms. The van der Waals surface area contributed by atoms with Crippen LogP contribution in [0.2, 0.25) is 0 Å². The second-order valence-corrected chi connectivity index (χ2v) is 7.60. The standard InChI is InChI=1S/C18H21N9S/c1-11-20-16(19-9-10-26(2)3)23-17(21-11)28-18-22-15-14(24-25-18)12-7-5-6-8-13(12)27(15)4/h5-8H,9-10H2,1-4H3,(H,19,20,21,23). The van der Waals surface area contributed by atoms with Crippen molar-refractivity contribution in [3.05, 3.63) is 30.1 Å². The molecule has 0 saturated carbocycles. The topological polar surface area (TPSA) is 97.5 Å². The first-order valence-corrected chi connectivity index (χ1v) is 9.70. The third kappa shape index (κ3) is 3.73. The van der Waals surface area contributed by atoms with Crippen LogP contribution < -0.4 is 5.32 Å². The minimum Gasteiger partial charge on any atom is -0.353 e. The van der Waals surface area contributed by atoms with Gasteiger partial charge < -0.3 is 14.8 Å². The number of hydrogen-bond acceptors (Lipinski definition) is 9. The summed E-state index contributed by atoms with van der Waals surface area (Å²) in [5.41, 5.74) is 2.65. The van der Waals surface area contributed by atoms with Crippen molar-refractivity contribution in [3.63, 3.8) is 0 Å². The van der Waals surface area contributed by atoms with E-state index in [1.54, 1.807) is 0 Å². The van der Waals surface area contributed by atoms with Crippen molar-refractivity contribution < 1.29 is 0 Å². The second-order valence-electron chi connectivity index (χ2n) is 6.66. The molecule has 0 aliphatic rings. The predicted octanol–water partition coefficient (Wildman–Crippen LogP) is 2.13. The third-order valence-corrected chi connectivity index (χ3v) is 4.96. The summed E-state index contributed by atoms with van der Waals surface area (Å²) in [5.74, 6) is 1.19. The summed E-state index contributed by atoms with van der Waals surface area (Å²) in [6.45, 7) is 3.48. The average Bonchev–Trinajstić information content (AvgIpc) is 2.94. The van der Waals surface area contributed by atoms with Crippen molar-refractivity contribution in [3.8, 4) is 0 Å². The number of likely N-dealkylation sites (N-methyl/N-ethyl adjacent to an activating group) is 1. The number of nitrogens with zero attached hydrogens (tertiary/aromatic N) is 8. The molecule has 0 atom stereocenters. The van der Waals surface area contributed by atoms with Crippen LogP contribution in [-0.2, 0) is 7.05 Å². The molecule has 0 fully saturated rings. The van der Waals surface area contributed by atoms with Crippen molar-refractivity contribution in [2.45, 2.75) is 17.2 Å². The zero-order chi connectivity index (χ0) is 19.7. The van der Waals surface area contributed by atoms with Gasteiger partial charge in [-0.1, -0.05) is 18.2 Å². The molecule has 4 aromatic rings. The smallest absolute Gasteiger partial charge is 0.226 e. The molecule has 0 aliphatic carbocycles. The van der Waals surface area contributed by atoms with Crippen LogP contribution in [0.4, 0.5) is 5.95 Å². The lowest BCUT2D eigenvalue weighted by molar-refractivity contribution is 0.424. The van der Waals surface area contributed by atoms with Crippen LogP contribution >= 0.6 is 11.8 Å². The molecule has 3 heterocycles. The Balaban J connectivity index is 1.62. The van der Waals surface area contributed by atoms with Crippen LogP contribution in [-0.4, -0.2) is 66.8 Å². The van der Waals surface area contributed by atoms with Crippen LogP contribution in [0.1, 0.15) is 5.82 Å². The second kappa shape index (κ2) is 7.64. The summed E-state index contributed by atoms with van der Waals surface area (Å²) < 4.78 is 2.02. The van der Waals surface area contributed by atoms with Gasteiger partial charge in [0.15, 0.2) is 5.65 Å². The lowest BCUT2D eigenvalue weighted by Gasteiger charge is -2.10. The third-order valence-electron chi connectivity index (χ3n) is 4.24. The van der Waals surface area contributed by atoms with Gasteiger partial charge >= 0.3 is 0 Å². The molecule has 144 valence electrons. The molecule has 3 aromatic heterocycles. The van der Waals surface area contributed by atoms with E-state index in [2.05, 4.69) is 40.3 Å². The summed E-state index contributed by atoms with van der Waals surface area (Å²) in [4.78, 5) is 20.0. The normalized spacial score (nSPS) is 11.6. The largest absolute Gasteiger partial charge is 0.353 e. The molecule has 0 bridgehead atoms. The molecule has 0 amide bonds. The van der Waals surface area contributed by atoms with Crippen LogP contribution in [0, 0.1) is 6.92 Å². The summed E-state index contributed by atoms with van der Waals surface area (Å²) in [7, 11) is 6.03. The predicted molar refractivity (Wildman–Crippen MR) is 110 cm³/mol.